The zero-order valence-corrected chi connectivity index (χ0v) is 10.4. The summed E-state index contributed by atoms with van der Waals surface area (Å²) in [5, 5.41) is 0.336. The molecular weight excluding hydrogens is 226 g/mol. The maximum Gasteiger partial charge on any atom is 0.341 e. The van der Waals surface area contributed by atoms with Crippen molar-refractivity contribution >= 4 is 28.1 Å². The number of esters is 1. The standard InChI is InChI=1S/C11H15NO3S/c1-4-15-11(14)7-5-8(16-10(7)12)9(13)6(2)3/h5-6H,4,12H2,1-3H3. The molecule has 0 saturated heterocycles. The van der Waals surface area contributed by atoms with E-state index in [0.29, 0.717) is 16.5 Å². The number of nitrogen functional groups attached to an aromatic ring is 1. The zero-order chi connectivity index (χ0) is 12.3. The summed E-state index contributed by atoms with van der Waals surface area (Å²) in [5.41, 5.74) is 5.96. The molecule has 0 amide bonds. The quantitative estimate of drug-likeness (QED) is 0.649. The molecule has 1 heterocycles. The van der Waals surface area contributed by atoms with Crippen molar-refractivity contribution in [1.82, 2.24) is 0 Å². The second-order valence-electron chi connectivity index (χ2n) is 3.63. The number of carbonyl (C=O) groups excluding carboxylic acids is 2. The van der Waals surface area contributed by atoms with Gasteiger partial charge >= 0.3 is 5.97 Å². The van der Waals surface area contributed by atoms with Crippen LogP contribution in [0, 0.1) is 5.92 Å². The molecule has 1 aromatic heterocycles. The molecular formula is C11H15NO3S. The molecule has 0 aliphatic rings. The van der Waals surface area contributed by atoms with Crippen molar-refractivity contribution in [1.29, 1.82) is 0 Å². The lowest BCUT2D eigenvalue weighted by molar-refractivity contribution is 0.0528. The molecule has 0 aromatic carbocycles. The smallest absolute Gasteiger partial charge is 0.341 e. The second-order valence-corrected chi connectivity index (χ2v) is 4.71. The van der Waals surface area contributed by atoms with Crippen molar-refractivity contribution in [3.63, 3.8) is 0 Å². The summed E-state index contributed by atoms with van der Waals surface area (Å²) in [4.78, 5) is 23.7. The number of Topliss-reactive ketones (excluding diaryl/α,β-unsaturated/α-hetero) is 1. The van der Waals surface area contributed by atoms with E-state index >= 15 is 0 Å². The van der Waals surface area contributed by atoms with E-state index in [2.05, 4.69) is 0 Å². The fourth-order valence-corrected chi connectivity index (χ4v) is 2.18. The van der Waals surface area contributed by atoms with Gasteiger partial charge in [-0.15, -0.1) is 11.3 Å². The first-order valence-corrected chi connectivity index (χ1v) is 5.89. The highest BCUT2D eigenvalue weighted by atomic mass is 32.1. The Labute approximate surface area is 98.4 Å². The molecule has 0 aliphatic heterocycles. The fraction of sp³-hybridized carbons (Fsp3) is 0.455. The number of hydrogen-bond donors (Lipinski definition) is 1. The minimum Gasteiger partial charge on any atom is -0.462 e. The van der Waals surface area contributed by atoms with E-state index in [1.807, 2.05) is 13.8 Å². The topological polar surface area (TPSA) is 69.4 Å². The summed E-state index contributed by atoms with van der Waals surface area (Å²) in [5.74, 6) is -0.584. The van der Waals surface area contributed by atoms with E-state index in [9.17, 15) is 9.59 Å². The Kier molecular flexibility index (Phi) is 4.06. The maximum atomic E-state index is 11.7. The van der Waals surface area contributed by atoms with E-state index in [1.54, 1.807) is 6.92 Å². The average Bonchev–Trinajstić information content (AvgIpc) is 2.59. The Hall–Kier alpha value is -1.36. The number of ether oxygens (including phenoxy) is 1. The largest absolute Gasteiger partial charge is 0.462 e. The van der Waals surface area contributed by atoms with Crippen molar-refractivity contribution in [2.24, 2.45) is 5.92 Å². The first-order valence-electron chi connectivity index (χ1n) is 5.08. The zero-order valence-electron chi connectivity index (χ0n) is 9.57. The van der Waals surface area contributed by atoms with Crippen LogP contribution in [0.15, 0.2) is 6.07 Å². The molecule has 0 saturated carbocycles. The van der Waals surface area contributed by atoms with Crippen LogP contribution in [0.25, 0.3) is 0 Å². The predicted molar refractivity (Wildman–Crippen MR) is 63.9 cm³/mol. The highest BCUT2D eigenvalue weighted by Gasteiger charge is 2.20. The highest BCUT2D eigenvalue weighted by molar-refractivity contribution is 7.18. The lowest BCUT2D eigenvalue weighted by atomic mass is 10.1. The third-order valence-electron chi connectivity index (χ3n) is 2.02. The van der Waals surface area contributed by atoms with E-state index in [-0.39, 0.29) is 17.3 Å². The fourth-order valence-electron chi connectivity index (χ4n) is 1.18. The summed E-state index contributed by atoms with van der Waals surface area (Å²) in [6.07, 6.45) is 0. The van der Waals surface area contributed by atoms with Gasteiger partial charge in [0.05, 0.1) is 17.0 Å². The number of carbonyl (C=O) groups is 2. The number of hydrogen-bond acceptors (Lipinski definition) is 5. The first-order chi connectivity index (χ1) is 7.47. The van der Waals surface area contributed by atoms with Crippen LogP contribution in [0.4, 0.5) is 5.00 Å². The average molecular weight is 241 g/mol. The normalized spacial score (nSPS) is 10.5. The van der Waals surface area contributed by atoms with Crippen molar-refractivity contribution in [3.8, 4) is 0 Å². The summed E-state index contributed by atoms with van der Waals surface area (Å²) in [6, 6.07) is 1.51. The first kappa shape index (κ1) is 12.7. The summed E-state index contributed by atoms with van der Waals surface area (Å²) < 4.78 is 4.84. The van der Waals surface area contributed by atoms with Gasteiger partial charge < -0.3 is 10.5 Å². The predicted octanol–water partition coefficient (Wildman–Crippen LogP) is 2.35. The molecule has 16 heavy (non-hydrogen) atoms. The van der Waals surface area contributed by atoms with Crippen molar-refractivity contribution in [3.05, 3.63) is 16.5 Å². The number of anilines is 1. The summed E-state index contributed by atoms with van der Waals surface area (Å²) in [6.45, 7) is 5.63. The van der Waals surface area contributed by atoms with E-state index in [0.717, 1.165) is 11.3 Å². The Morgan fingerprint density at radius 1 is 1.50 bits per heavy atom. The van der Waals surface area contributed by atoms with Crippen LogP contribution in [0.3, 0.4) is 0 Å². The van der Waals surface area contributed by atoms with Gasteiger partial charge in [0.1, 0.15) is 5.00 Å². The van der Waals surface area contributed by atoms with Crippen LogP contribution >= 0.6 is 11.3 Å². The molecule has 0 unspecified atom stereocenters. The molecule has 4 nitrogen and oxygen atoms in total. The van der Waals surface area contributed by atoms with Crippen LogP contribution in [0.1, 0.15) is 40.8 Å². The lowest BCUT2D eigenvalue weighted by Crippen LogP contribution is -2.07. The van der Waals surface area contributed by atoms with Gasteiger partial charge in [-0.2, -0.15) is 0 Å². The Bertz CT molecular complexity index is 409. The molecule has 2 N–H and O–H groups in total. The van der Waals surface area contributed by atoms with Crippen LogP contribution in [0.2, 0.25) is 0 Å². The van der Waals surface area contributed by atoms with Gasteiger partial charge in [0.2, 0.25) is 0 Å². The molecule has 0 aliphatic carbocycles. The van der Waals surface area contributed by atoms with Crippen molar-refractivity contribution in [2.75, 3.05) is 12.3 Å². The van der Waals surface area contributed by atoms with Crippen molar-refractivity contribution in [2.45, 2.75) is 20.8 Å². The second kappa shape index (κ2) is 5.12. The number of ketones is 1. The van der Waals surface area contributed by atoms with Gasteiger partial charge in [-0.1, -0.05) is 13.8 Å². The summed E-state index contributed by atoms with van der Waals surface area (Å²) in [7, 11) is 0. The van der Waals surface area contributed by atoms with Crippen molar-refractivity contribution < 1.29 is 14.3 Å². The molecule has 0 bridgehead atoms. The number of rotatable bonds is 4. The molecule has 5 heteroatoms. The van der Waals surface area contributed by atoms with Gasteiger partial charge in [0.15, 0.2) is 5.78 Å². The SMILES string of the molecule is CCOC(=O)c1cc(C(=O)C(C)C)sc1N. The monoisotopic (exact) mass is 241 g/mol. The van der Waals surface area contributed by atoms with Crippen LogP contribution in [0.5, 0.6) is 0 Å². The van der Waals surface area contributed by atoms with E-state index in [1.165, 1.54) is 6.07 Å². The molecule has 0 fully saturated rings. The van der Waals surface area contributed by atoms with Crippen LogP contribution < -0.4 is 5.73 Å². The molecule has 0 radical (unpaired) electrons. The Balaban J connectivity index is 2.98. The van der Waals surface area contributed by atoms with Gasteiger partial charge in [0, 0.05) is 5.92 Å². The third-order valence-corrected chi connectivity index (χ3v) is 3.00. The number of thiophene rings is 1. The summed E-state index contributed by atoms with van der Waals surface area (Å²) >= 11 is 1.13. The van der Waals surface area contributed by atoms with Crippen LogP contribution in [-0.2, 0) is 4.74 Å². The van der Waals surface area contributed by atoms with E-state index in [4.69, 9.17) is 10.5 Å². The Morgan fingerprint density at radius 2 is 2.12 bits per heavy atom. The Morgan fingerprint density at radius 3 is 2.62 bits per heavy atom. The molecule has 1 rings (SSSR count). The minimum absolute atomic E-state index is 0.00718. The molecule has 88 valence electrons. The van der Waals surface area contributed by atoms with Gasteiger partial charge in [-0.3, -0.25) is 4.79 Å². The molecule has 0 spiro atoms. The molecule has 1 aromatic rings. The van der Waals surface area contributed by atoms with Gasteiger partial charge in [-0.05, 0) is 13.0 Å². The number of nitrogens with two attached hydrogens (primary N) is 1. The highest BCUT2D eigenvalue weighted by Crippen LogP contribution is 2.27. The third kappa shape index (κ3) is 2.61. The minimum atomic E-state index is -0.473. The van der Waals surface area contributed by atoms with Gasteiger partial charge in [-0.25, -0.2) is 4.79 Å². The maximum absolute atomic E-state index is 11.7. The molecule has 0 atom stereocenters. The lowest BCUT2D eigenvalue weighted by Gasteiger charge is -1.99. The van der Waals surface area contributed by atoms with Crippen LogP contribution in [-0.4, -0.2) is 18.4 Å². The van der Waals surface area contributed by atoms with Gasteiger partial charge in [0.25, 0.3) is 0 Å². The van der Waals surface area contributed by atoms with E-state index < -0.39 is 5.97 Å².